The molecule has 8 nitrogen and oxygen atoms in total. The van der Waals surface area contributed by atoms with Gasteiger partial charge in [0.15, 0.2) is 5.79 Å². The second-order valence-corrected chi connectivity index (χ2v) is 17.9. The lowest BCUT2D eigenvalue weighted by Gasteiger charge is -2.60. The van der Waals surface area contributed by atoms with E-state index in [-0.39, 0.29) is 71.9 Å². The van der Waals surface area contributed by atoms with E-state index in [1.54, 1.807) is 0 Å². The Balaban J connectivity index is 0.874. The Bertz CT molecular complexity index is 1300. The molecule has 0 amide bonds. The van der Waals surface area contributed by atoms with Gasteiger partial charge in [-0.2, -0.15) is 0 Å². The topological polar surface area (TPSA) is 101 Å². The third kappa shape index (κ3) is 5.03. The zero-order valence-electron chi connectivity index (χ0n) is 29.3. The van der Waals surface area contributed by atoms with Crippen molar-refractivity contribution in [2.24, 2.45) is 52.3 Å². The van der Waals surface area contributed by atoms with E-state index in [1.807, 2.05) is 6.92 Å². The summed E-state index contributed by atoms with van der Waals surface area (Å²) in [6.07, 6.45) is 14.5. The van der Waals surface area contributed by atoms with Gasteiger partial charge >= 0.3 is 11.9 Å². The molecule has 6 aliphatic carbocycles. The molecule has 5 saturated carbocycles. The quantitative estimate of drug-likeness (QED) is 0.189. The number of aliphatic hydroxyl groups excluding tert-OH is 1. The fourth-order valence-electron chi connectivity index (χ4n) is 13.0. The van der Waals surface area contributed by atoms with Crippen LogP contribution >= 0.6 is 0 Å². The molecule has 47 heavy (non-hydrogen) atoms. The Hall–Kier alpha value is -1.48. The minimum absolute atomic E-state index is 0.0173. The monoisotopic (exact) mass is 654 g/mol. The first-order chi connectivity index (χ1) is 22.4. The zero-order valence-corrected chi connectivity index (χ0v) is 29.3. The Morgan fingerprint density at radius 3 is 2.40 bits per heavy atom. The molecule has 3 heterocycles. The van der Waals surface area contributed by atoms with Gasteiger partial charge in [-0.05, 0) is 118 Å². The first-order valence-corrected chi connectivity index (χ1v) is 19.2. The van der Waals surface area contributed by atoms with Gasteiger partial charge in [0, 0.05) is 24.2 Å². The van der Waals surface area contributed by atoms with Gasteiger partial charge in [0.25, 0.3) is 0 Å². The number of rotatable bonds is 5. The smallest absolute Gasteiger partial charge is 0.306 e. The molecule has 8 fully saturated rings. The molecule has 8 heteroatoms. The summed E-state index contributed by atoms with van der Waals surface area (Å²) in [7, 11) is 0. The summed E-state index contributed by atoms with van der Waals surface area (Å²) in [5.74, 6) is 1.65. The molecule has 0 aromatic carbocycles. The molecule has 1 N–H and O–H groups in total. The molecule has 9 rings (SSSR count). The largest absolute Gasteiger partial charge is 0.462 e. The molecule has 262 valence electrons. The fourth-order valence-corrected chi connectivity index (χ4v) is 13.0. The summed E-state index contributed by atoms with van der Waals surface area (Å²) in [4.78, 5) is 38.8. The first-order valence-electron chi connectivity index (χ1n) is 19.2. The molecule has 0 radical (unpaired) electrons. The standard InChI is InChI=1S/C39H58O8/c1-22-6-9-28-23(2)31(21-33-39(28)27(22)16-19-38(5,45-33)46-47-39)43-34(41)12-13-35(42)44-32-11-10-29-26-8-7-24-20-25(40)14-17-36(24,3)30(26)15-18-37(29,32)4/h7,22-23,25-33,40H,6,8-21H2,1-5H3/t22-,23-,25+,26+,27+,28+,29+,30+,31-,32+,33+,36+,37+,38-,39-/m1/s1. The molecule has 0 aromatic rings. The molecule has 15 atom stereocenters. The van der Waals surface area contributed by atoms with Crippen molar-refractivity contribution < 1.29 is 38.7 Å². The van der Waals surface area contributed by atoms with E-state index >= 15 is 0 Å². The maximum atomic E-state index is 13.2. The maximum absolute atomic E-state index is 13.2. The van der Waals surface area contributed by atoms with E-state index in [2.05, 4.69) is 33.8 Å². The second kappa shape index (κ2) is 11.5. The number of hydrogen-bond acceptors (Lipinski definition) is 8. The molecular formula is C39H58O8. The SMILES string of the molecule is C[C@H]1[C@H](OC(=O)CCC(=O)O[C@H]2CC[C@H]3[C@@H]4CC=C5C[C@@H](O)CC[C@]5(C)[C@H]4CC[C@]23C)C[C@@H]2O[C@@]3(C)CC[C@H]4[C@H](C)CC[C@@H]1[C@@]24OO3. The third-order valence-electron chi connectivity index (χ3n) is 15.7. The number of carbonyl (C=O) groups is 2. The van der Waals surface area contributed by atoms with Gasteiger partial charge < -0.3 is 19.3 Å². The molecule has 1 spiro atoms. The molecule has 3 saturated heterocycles. The Morgan fingerprint density at radius 1 is 0.851 bits per heavy atom. The van der Waals surface area contributed by atoms with Gasteiger partial charge in [0.1, 0.15) is 17.8 Å². The minimum atomic E-state index is -0.764. The van der Waals surface area contributed by atoms with Crippen molar-refractivity contribution >= 4 is 11.9 Å². The normalized spacial score (nSPS) is 53.0. The molecule has 9 aliphatic rings. The summed E-state index contributed by atoms with van der Waals surface area (Å²) < 4.78 is 19.0. The highest BCUT2D eigenvalue weighted by Gasteiger charge is 2.68. The maximum Gasteiger partial charge on any atom is 0.306 e. The van der Waals surface area contributed by atoms with Gasteiger partial charge in [-0.3, -0.25) is 9.59 Å². The summed E-state index contributed by atoms with van der Waals surface area (Å²) in [5.41, 5.74) is 1.18. The van der Waals surface area contributed by atoms with Crippen molar-refractivity contribution in [3.63, 3.8) is 0 Å². The minimum Gasteiger partial charge on any atom is -0.462 e. The molecule has 0 aromatic heterocycles. The van der Waals surface area contributed by atoms with Gasteiger partial charge in [0.2, 0.25) is 0 Å². The number of esters is 2. The van der Waals surface area contributed by atoms with Crippen LogP contribution in [0.25, 0.3) is 0 Å². The van der Waals surface area contributed by atoms with E-state index < -0.39 is 11.4 Å². The van der Waals surface area contributed by atoms with Crippen LogP contribution in [0.15, 0.2) is 11.6 Å². The number of carbonyl (C=O) groups excluding carboxylic acids is 2. The van der Waals surface area contributed by atoms with E-state index in [9.17, 15) is 14.7 Å². The summed E-state index contributed by atoms with van der Waals surface area (Å²) >= 11 is 0. The lowest BCUT2D eigenvalue weighted by atomic mass is 9.48. The van der Waals surface area contributed by atoms with Gasteiger partial charge in [-0.15, -0.1) is 0 Å². The first kappa shape index (κ1) is 32.7. The van der Waals surface area contributed by atoms with Gasteiger partial charge in [-0.1, -0.05) is 39.3 Å². The van der Waals surface area contributed by atoms with Crippen LogP contribution in [-0.2, 0) is 33.6 Å². The number of fused-ring (bicyclic) bond motifs is 7. The lowest BCUT2D eigenvalue weighted by molar-refractivity contribution is -0.540. The van der Waals surface area contributed by atoms with Crippen LogP contribution in [0.2, 0.25) is 0 Å². The highest BCUT2D eigenvalue weighted by atomic mass is 17.3. The van der Waals surface area contributed by atoms with Crippen LogP contribution in [0.5, 0.6) is 0 Å². The molecule has 2 bridgehead atoms. The van der Waals surface area contributed by atoms with Crippen molar-refractivity contribution in [2.45, 2.75) is 167 Å². The number of aliphatic hydroxyl groups is 1. The van der Waals surface area contributed by atoms with Crippen molar-refractivity contribution in [3.8, 4) is 0 Å². The van der Waals surface area contributed by atoms with Crippen LogP contribution in [0, 0.1) is 52.3 Å². The van der Waals surface area contributed by atoms with Gasteiger partial charge in [0.05, 0.1) is 25.0 Å². The van der Waals surface area contributed by atoms with Crippen LogP contribution in [-0.4, -0.2) is 52.8 Å². The summed E-state index contributed by atoms with van der Waals surface area (Å²) in [6.45, 7) is 11.3. The third-order valence-corrected chi connectivity index (χ3v) is 15.7. The number of ether oxygens (including phenoxy) is 3. The molecular weight excluding hydrogens is 596 g/mol. The van der Waals surface area contributed by atoms with Crippen LogP contribution in [0.4, 0.5) is 0 Å². The Morgan fingerprint density at radius 2 is 1.60 bits per heavy atom. The van der Waals surface area contributed by atoms with E-state index in [0.717, 1.165) is 77.0 Å². The fraction of sp³-hybridized carbons (Fsp3) is 0.897. The summed E-state index contributed by atoms with van der Waals surface area (Å²) in [6, 6.07) is 0. The average molecular weight is 655 g/mol. The molecule has 3 aliphatic heterocycles. The highest BCUT2D eigenvalue weighted by molar-refractivity contribution is 5.78. The van der Waals surface area contributed by atoms with E-state index in [0.29, 0.717) is 36.0 Å². The number of allylic oxidation sites excluding steroid dienone is 1. The van der Waals surface area contributed by atoms with Crippen molar-refractivity contribution in [1.82, 2.24) is 0 Å². The Labute approximate surface area is 280 Å². The zero-order chi connectivity index (χ0) is 32.9. The highest BCUT2D eigenvalue weighted by Crippen LogP contribution is 2.65. The van der Waals surface area contributed by atoms with E-state index in [1.165, 1.54) is 5.57 Å². The predicted octanol–water partition coefficient (Wildman–Crippen LogP) is 7.21. The van der Waals surface area contributed by atoms with E-state index in [4.69, 9.17) is 24.0 Å². The number of hydrogen-bond donors (Lipinski definition) is 1. The van der Waals surface area contributed by atoms with Crippen LogP contribution in [0.3, 0.4) is 0 Å². The average Bonchev–Trinajstić information content (AvgIpc) is 3.19. The van der Waals surface area contributed by atoms with Crippen molar-refractivity contribution in [2.75, 3.05) is 0 Å². The molecule has 0 unspecified atom stereocenters. The Kier molecular flexibility index (Phi) is 8.02. The van der Waals surface area contributed by atoms with Crippen molar-refractivity contribution in [3.05, 3.63) is 11.6 Å². The van der Waals surface area contributed by atoms with Crippen molar-refractivity contribution in [1.29, 1.82) is 0 Å². The van der Waals surface area contributed by atoms with Gasteiger partial charge in [-0.25, -0.2) is 9.78 Å². The van der Waals surface area contributed by atoms with Crippen LogP contribution < -0.4 is 0 Å². The summed E-state index contributed by atoms with van der Waals surface area (Å²) in [5, 5.41) is 10.3. The predicted molar refractivity (Wildman–Crippen MR) is 173 cm³/mol. The lowest BCUT2D eigenvalue weighted by Crippen LogP contribution is -2.69. The second-order valence-electron chi connectivity index (χ2n) is 17.9. The van der Waals surface area contributed by atoms with Crippen LogP contribution in [0.1, 0.15) is 131 Å².